The highest BCUT2D eigenvalue weighted by Crippen LogP contribution is 2.22. The average molecular weight is 249 g/mol. The first kappa shape index (κ1) is 11.7. The van der Waals surface area contributed by atoms with Crippen LogP contribution in [0.4, 0.5) is 5.82 Å². The smallest absolute Gasteiger partial charge is 0.139 e. The SMILES string of the molecule is CN(Cc1ccccc1)c1ncnc2ccccc12. The van der Waals surface area contributed by atoms with Crippen molar-refractivity contribution in [3.05, 3.63) is 66.5 Å². The molecule has 0 aliphatic rings. The summed E-state index contributed by atoms with van der Waals surface area (Å²) >= 11 is 0. The fraction of sp³-hybridized carbons (Fsp3) is 0.125. The predicted molar refractivity (Wildman–Crippen MR) is 78.1 cm³/mol. The van der Waals surface area contributed by atoms with Gasteiger partial charge in [0.2, 0.25) is 0 Å². The fourth-order valence-corrected chi connectivity index (χ4v) is 2.23. The lowest BCUT2D eigenvalue weighted by Gasteiger charge is -2.19. The third-order valence-corrected chi connectivity index (χ3v) is 3.15. The highest BCUT2D eigenvalue weighted by Gasteiger charge is 2.08. The average Bonchev–Trinajstić information content (AvgIpc) is 2.47. The lowest BCUT2D eigenvalue weighted by molar-refractivity contribution is 0.900. The molecule has 0 N–H and O–H groups in total. The minimum atomic E-state index is 0.835. The zero-order valence-corrected chi connectivity index (χ0v) is 10.8. The number of anilines is 1. The molecule has 3 rings (SSSR count). The molecule has 0 aliphatic carbocycles. The van der Waals surface area contributed by atoms with Gasteiger partial charge in [0.15, 0.2) is 0 Å². The second kappa shape index (κ2) is 5.06. The summed E-state index contributed by atoms with van der Waals surface area (Å²) in [5.41, 5.74) is 2.25. The molecule has 0 radical (unpaired) electrons. The van der Waals surface area contributed by atoms with E-state index in [1.54, 1.807) is 6.33 Å². The van der Waals surface area contributed by atoms with Gasteiger partial charge in [-0.15, -0.1) is 0 Å². The Bertz CT molecular complexity index is 674. The van der Waals surface area contributed by atoms with Crippen molar-refractivity contribution in [3.63, 3.8) is 0 Å². The number of fused-ring (bicyclic) bond motifs is 1. The molecule has 0 saturated carbocycles. The van der Waals surface area contributed by atoms with Crippen LogP contribution in [0.15, 0.2) is 60.9 Å². The van der Waals surface area contributed by atoms with E-state index in [1.165, 1.54) is 5.56 Å². The Morgan fingerprint density at radius 3 is 2.47 bits per heavy atom. The summed E-state index contributed by atoms with van der Waals surface area (Å²) in [7, 11) is 2.06. The van der Waals surface area contributed by atoms with Crippen LogP contribution in [-0.4, -0.2) is 17.0 Å². The first-order chi connectivity index (χ1) is 9.34. The summed E-state index contributed by atoms with van der Waals surface area (Å²) < 4.78 is 0. The van der Waals surface area contributed by atoms with Crippen LogP contribution in [0.5, 0.6) is 0 Å². The van der Waals surface area contributed by atoms with Crippen LogP contribution in [0.25, 0.3) is 10.9 Å². The van der Waals surface area contributed by atoms with Crippen LogP contribution in [0.2, 0.25) is 0 Å². The maximum atomic E-state index is 4.42. The third kappa shape index (κ3) is 2.40. The Morgan fingerprint density at radius 2 is 1.63 bits per heavy atom. The first-order valence-electron chi connectivity index (χ1n) is 6.29. The number of rotatable bonds is 3. The highest BCUT2D eigenvalue weighted by atomic mass is 15.2. The topological polar surface area (TPSA) is 29.0 Å². The van der Waals surface area contributed by atoms with Crippen LogP contribution in [-0.2, 0) is 6.54 Å². The van der Waals surface area contributed by atoms with Gasteiger partial charge in [0, 0.05) is 19.0 Å². The monoisotopic (exact) mass is 249 g/mol. The molecular formula is C16H15N3. The molecule has 3 nitrogen and oxygen atoms in total. The summed E-state index contributed by atoms with van der Waals surface area (Å²) in [6, 6.07) is 18.5. The molecule has 3 aromatic rings. The molecule has 0 atom stereocenters. The minimum Gasteiger partial charge on any atom is -0.355 e. The molecule has 0 unspecified atom stereocenters. The van der Waals surface area contributed by atoms with Gasteiger partial charge in [-0.25, -0.2) is 9.97 Å². The molecule has 1 aromatic heterocycles. The normalized spacial score (nSPS) is 10.6. The number of hydrogen-bond acceptors (Lipinski definition) is 3. The summed E-state index contributed by atoms with van der Waals surface area (Å²) in [5.74, 6) is 0.967. The number of hydrogen-bond donors (Lipinski definition) is 0. The zero-order chi connectivity index (χ0) is 13.1. The van der Waals surface area contributed by atoms with Crippen LogP contribution in [0.3, 0.4) is 0 Å². The fourth-order valence-electron chi connectivity index (χ4n) is 2.23. The van der Waals surface area contributed by atoms with Crippen molar-refractivity contribution in [1.29, 1.82) is 0 Å². The molecule has 19 heavy (non-hydrogen) atoms. The highest BCUT2D eigenvalue weighted by molar-refractivity contribution is 5.89. The van der Waals surface area contributed by atoms with Crippen molar-refractivity contribution in [2.75, 3.05) is 11.9 Å². The Balaban J connectivity index is 1.96. The Labute approximate surface area is 112 Å². The van der Waals surface area contributed by atoms with Crippen LogP contribution >= 0.6 is 0 Å². The maximum absolute atomic E-state index is 4.42. The molecule has 0 fully saturated rings. The van der Waals surface area contributed by atoms with E-state index in [0.717, 1.165) is 23.3 Å². The summed E-state index contributed by atoms with van der Waals surface area (Å²) in [6.07, 6.45) is 1.62. The van der Waals surface area contributed by atoms with Gasteiger partial charge in [0.05, 0.1) is 5.52 Å². The molecule has 0 aliphatic heterocycles. The standard InChI is InChI=1S/C16H15N3/c1-19(11-13-7-3-2-4-8-13)16-14-9-5-6-10-15(14)17-12-18-16/h2-10,12H,11H2,1H3. The van der Waals surface area contributed by atoms with Gasteiger partial charge in [-0.2, -0.15) is 0 Å². The molecule has 0 saturated heterocycles. The molecule has 3 heteroatoms. The van der Waals surface area contributed by atoms with E-state index < -0.39 is 0 Å². The lowest BCUT2D eigenvalue weighted by Crippen LogP contribution is -2.18. The van der Waals surface area contributed by atoms with Gasteiger partial charge in [-0.3, -0.25) is 0 Å². The van der Waals surface area contributed by atoms with E-state index in [2.05, 4.69) is 52.2 Å². The summed E-state index contributed by atoms with van der Waals surface area (Å²) in [6.45, 7) is 0.835. The Morgan fingerprint density at radius 1 is 0.895 bits per heavy atom. The van der Waals surface area contributed by atoms with Crippen LogP contribution in [0, 0.1) is 0 Å². The van der Waals surface area contributed by atoms with E-state index in [1.807, 2.05) is 24.3 Å². The Kier molecular flexibility index (Phi) is 3.11. The summed E-state index contributed by atoms with van der Waals surface area (Å²) in [4.78, 5) is 10.9. The quantitative estimate of drug-likeness (QED) is 0.713. The molecule has 0 amide bonds. The number of nitrogens with zero attached hydrogens (tertiary/aromatic N) is 3. The van der Waals surface area contributed by atoms with Gasteiger partial charge >= 0.3 is 0 Å². The van der Waals surface area contributed by atoms with Crippen molar-refractivity contribution in [2.24, 2.45) is 0 Å². The predicted octanol–water partition coefficient (Wildman–Crippen LogP) is 3.27. The molecule has 94 valence electrons. The first-order valence-corrected chi connectivity index (χ1v) is 6.29. The molecular weight excluding hydrogens is 234 g/mol. The van der Waals surface area contributed by atoms with E-state index in [-0.39, 0.29) is 0 Å². The third-order valence-electron chi connectivity index (χ3n) is 3.15. The second-order valence-electron chi connectivity index (χ2n) is 4.56. The Hall–Kier alpha value is -2.42. The largest absolute Gasteiger partial charge is 0.355 e. The zero-order valence-electron chi connectivity index (χ0n) is 10.8. The maximum Gasteiger partial charge on any atom is 0.139 e. The van der Waals surface area contributed by atoms with Crippen molar-refractivity contribution >= 4 is 16.7 Å². The van der Waals surface area contributed by atoms with E-state index in [0.29, 0.717) is 0 Å². The summed E-state index contributed by atoms with van der Waals surface area (Å²) in [5, 5.41) is 1.09. The van der Waals surface area contributed by atoms with Crippen molar-refractivity contribution in [2.45, 2.75) is 6.54 Å². The molecule has 0 bridgehead atoms. The second-order valence-corrected chi connectivity index (χ2v) is 4.56. The van der Waals surface area contributed by atoms with Gasteiger partial charge in [-0.1, -0.05) is 42.5 Å². The van der Waals surface area contributed by atoms with Crippen molar-refractivity contribution in [1.82, 2.24) is 9.97 Å². The number of para-hydroxylation sites is 1. The molecule has 1 heterocycles. The van der Waals surface area contributed by atoms with Crippen LogP contribution < -0.4 is 4.90 Å². The van der Waals surface area contributed by atoms with Gasteiger partial charge in [0.1, 0.15) is 12.1 Å². The van der Waals surface area contributed by atoms with Crippen LogP contribution in [0.1, 0.15) is 5.56 Å². The van der Waals surface area contributed by atoms with Gasteiger partial charge in [-0.05, 0) is 17.7 Å². The van der Waals surface area contributed by atoms with E-state index >= 15 is 0 Å². The number of aromatic nitrogens is 2. The van der Waals surface area contributed by atoms with Crippen molar-refractivity contribution in [3.8, 4) is 0 Å². The minimum absolute atomic E-state index is 0.835. The van der Waals surface area contributed by atoms with Crippen molar-refractivity contribution < 1.29 is 0 Å². The van der Waals surface area contributed by atoms with Gasteiger partial charge < -0.3 is 4.90 Å². The van der Waals surface area contributed by atoms with E-state index in [9.17, 15) is 0 Å². The molecule has 0 spiro atoms. The van der Waals surface area contributed by atoms with E-state index in [4.69, 9.17) is 0 Å². The number of benzene rings is 2. The van der Waals surface area contributed by atoms with Gasteiger partial charge in [0.25, 0.3) is 0 Å². The lowest BCUT2D eigenvalue weighted by atomic mass is 10.2. The molecule has 2 aromatic carbocycles.